The average Bonchev–Trinajstić information content (AvgIpc) is 3.67. The summed E-state index contributed by atoms with van der Waals surface area (Å²) in [5.74, 6) is -0.282. The Balaban J connectivity index is 1.38. The molecule has 2 amide bonds. The topological polar surface area (TPSA) is 107 Å². The highest BCUT2D eigenvalue weighted by molar-refractivity contribution is 5.94. The highest BCUT2D eigenvalue weighted by Crippen LogP contribution is 2.40. The lowest BCUT2D eigenvalue weighted by atomic mass is 9.86. The summed E-state index contributed by atoms with van der Waals surface area (Å²) in [6, 6.07) is 5.95. The van der Waals surface area contributed by atoms with Crippen LogP contribution in [0, 0.1) is 6.92 Å². The number of H-pyrrole nitrogens is 1. The molecule has 1 fully saturated rings. The molecular weight excluding hydrogens is 506 g/mol. The number of nitrogens with one attached hydrogen (secondary N) is 1. The molecule has 11 heteroatoms. The van der Waals surface area contributed by atoms with Crippen LogP contribution >= 0.6 is 0 Å². The van der Waals surface area contributed by atoms with E-state index in [-0.39, 0.29) is 17.5 Å². The number of aromatic amines is 1. The number of benzene rings is 1. The summed E-state index contributed by atoms with van der Waals surface area (Å²) in [6.45, 7) is 2.67. The number of aryl methyl sites for hydroxylation is 1. The smallest absolute Gasteiger partial charge is 0.407 e. The Bertz CT molecular complexity index is 1580. The zero-order valence-corrected chi connectivity index (χ0v) is 21.4. The monoisotopic (exact) mass is 534 g/mol. The van der Waals surface area contributed by atoms with Crippen LogP contribution in [0.25, 0.3) is 22.2 Å². The number of fused-ring (bicyclic) bond motifs is 2. The summed E-state index contributed by atoms with van der Waals surface area (Å²) in [5.41, 5.74) is 6.99. The van der Waals surface area contributed by atoms with Gasteiger partial charge in [0, 0.05) is 49.2 Å². The number of likely N-dealkylation sites (tertiary alicyclic amines) is 1. The van der Waals surface area contributed by atoms with E-state index in [9.17, 15) is 23.5 Å². The van der Waals surface area contributed by atoms with Crippen molar-refractivity contribution in [3.8, 4) is 11.1 Å². The number of halogens is 2. The number of aromatic nitrogens is 4. The third-order valence-electron chi connectivity index (χ3n) is 7.80. The Kier molecular flexibility index (Phi) is 6.28. The van der Waals surface area contributed by atoms with Crippen molar-refractivity contribution in [1.29, 1.82) is 0 Å². The first-order chi connectivity index (χ1) is 18.8. The molecule has 1 aromatic carbocycles. The Morgan fingerprint density at radius 3 is 2.82 bits per heavy atom. The minimum Gasteiger partial charge on any atom is -0.465 e. The molecule has 0 radical (unpaired) electrons. The van der Waals surface area contributed by atoms with Gasteiger partial charge in [0.1, 0.15) is 12.2 Å². The van der Waals surface area contributed by atoms with Gasteiger partial charge in [-0.05, 0) is 66.1 Å². The van der Waals surface area contributed by atoms with E-state index in [1.807, 2.05) is 25.4 Å². The van der Waals surface area contributed by atoms with E-state index in [4.69, 9.17) is 0 Å². The Hall–Kier alpha value is -4.28. The van der Waals surface area contributed by atoms with Crippen molar-refractivity contribution in [3.63, 3.8) is 0 Å². The van der Waals surface area contributed by atoms with Gasteiger partial charge in [-0.15, -0.1) is 0 Å². The number of carbonyl (C=O) groups excluding carboxylic acids is 1. The summed E-state index contributed by atoms with van der Waals surface area (Å²) in [4.78, 5) is 36.3. The number of rotatable bonds is 5. The zero-order chi connectivity index (χ0) is 27.3. The SMILES string of the molecule is Cc1c[nH]c2ncc(-c3cc4c(c([C@@H]5CCCN5C(=O)O)c3)CN(C(=O)c3cnn(CC(F)F)c3)CC4)cc12. The molecule has 0 saturated carbocycles. The van der Waals surface area contributed by atoms with Gasteiger partial charge in [-0.2, -0.15) is 5.10 Å². The molecule has 0 aliphatic carbocycles. The van der Waals surface area contributed by atoms with Crippen LogP contribution in [0.15, 0.2) is 43.0 Å². The van der Waals surface area contributed by atoms with E-state index in [1.54, 1.807) is 4.90 Å². The summed E-state index contributed by atoms with van der Waals surface area (Å²) < 4.78 is 26.6. The van der Waals surface area contributed by atoms with Crippen LogP contribution in [0.5, 0.6) is 0 Å². The van der Waals surface area contributed by atoms with Crippen molar-refractivity contribution in [3.05, 3.63) is 70.8 Å². The summed E-state index contributed by atoms with van der Waals surface area (Å²) in [7, 11) is 0. The Morgan fingerprint density at radius 1 is 1.18 bits per heavy atom. The first-order valence-electron chi connectivity index (χ1n) is 13.0. The van der Waals surface area contributed by atoms with Crippen molar-refractivity contribution in [2.75, 3.05) is 13.1 Å². The molecule has 1 saturated heterocycles. The van der Waals surface area contributed by atoms with Crippen molar-refractivity contribution >= 4 is 23.0 Å². The highest BCUT2D eigenvalue weighted by Gasteiger charge is 2.34. The molecule has 4 aromatic rings. The molecule has 2 aliphatic heterocycles. The normalized spacial score (nSPS) is 17.3. The van der Waals surface area contributed by atoms with E-state index >= 15 is 0 Å². The van der Waals surface area contributed by atoms with Gasteiger partial charge < -0.3 is 19.9 Å². The second-order valence-corrected chi connectivity index (χ2v) is 10.2. The molecule has 3 aromatic heterocycles. The third-order valence-corrected chi connectivity index (χ3v) is 7.80. The van der Waals surface area contributed by atoms with Gasteiger partial charge >= 0.3 is 6.09 Å². The lowest BCUT2D eigenvalue weighted by molar-refractivity contribution is 0.0731. The van der Waals surface area contributed by atoms with Crippen LogP contribution in [0.1, 0.15) is 51.5 Å². The van der Waals surface area contributed by atoms with Crippen molar-refractivity contribution in [2.24, 2.45) is 0 Å². The highest BCUT2D eigenvalue weighted by atomic mass is 19.3. The molecular formula is C28H28F2N6O3. The Morgan fingerprint density at radius 2 is 2.03 bits per heavy atom. The largest absolute Gasteiger partial charge is 0.465 e. The van der Waals surface area contributed by atoms with Gasteiger partial charge in [0.15, 0.2) is 0 Å². The number of nitrogens with zero attached hydrogens (tertiary/aromatic N) is 5. The number of amides is 2. The maximum atomic E-state index is 13.3. The van der Waals surface area contributed by atoms with E-state index in [0.717, 1.165) is 55.5 Å². The molecule has 0 unspecified atom stereocenters. The van der Waals surface area contributed by atoms with Gasteiger partial charge in [0.05, 0.1) is 17.8 Å². The molecule has 2 N–H and O–H groups in total. The fourth-order valence-corrected chi connectivity index (χ4v) is 5.84. The van der Waals surface area contributed by atoms with Crippen LogP contribution in [0.3, 0.4) is 0 Å². The lowest BCUT2D eigenvalue weighted by Crippen LogP contribution is -2.37. The van der Waals surface area contributed by atoms with Gasteiger partial charge in [0.25, 0.3) is 12.3 Å². The number of pyridine rings is 1. The van der Waals surface area contributed by atoms with Crippen LogP contribution in [0.4, 0.5) is 13.6 Å². The zero-order valence-electron chi connectivity index (χ0n) is 21.4. The van der Waals surface area contributed by atoms with E-state index in [2.05, 4.69) is 27.2 Å². The molecule has 2 aliphatic rings. The lowest BCUT2D eigenvalue weighted by Gasteiger charge is -2.33. The predicted octanol–water partition coefficient (Wildman–Crippen LogP) is 5.01. The summed E-state index contributed by atoms with van der Waals surface area (Å²) in [5, 5.41) is 14.8. The number of carboxylic acid groups (broad SMARTS) is 1. The van der Waals surface area contributed by atoms with Gasteiger partial charge in [-0.3, -0.25) is 9.48 Å². The minimum absolute atomic E-state index is 0.256. The van der Waals surface area contributed by atoms with Crippen LogP contribution < -0.4 is 0 Å². The fraction of sp³-hybridized carbons (Fsp3) is 0.357. The van der Waals surface area contributed by atoms with Crippen LogP contribution in [-0.4, -0.2) is 66.2 Å². The molecule has 9 nitrogen and oxygen atoms in total. The molecule has 6 rings (SSSR count). The summed E-state index contributed by atoms with van der Waals surface area (Å²) >= 11 is 0. The first-order valence-corrected chi connectivity index (χ1v) is 13.0. The van der Waals surface area contributed by atoms with Crippen LogP contribution in [0.2, 0.25) is 0 Å². The van der Waals surface area contributed by atoms with Gasteiger partial charge in [-0.25, -0.2) is 18.6 Å². The third kappa shape index (κ3) is 4.62. The van der Waals surface area contributed by atoms with Gasteiger partial charge in [0.2, 0.25) is 0 Å². The summed E-state index contributed by atoms with van der Waals surface area (Å²) in [6.07, 6.45) is 4.94. The standard InChI is InChI=1S/C28H28F2N6O3/c1-16-10-31-26-21(16)9-19(11-32-26)18-7-17-4-6-34(27(37)20-12-33-35(13-20)15-25(29)30)14-23(17)22(8-18)24-3-2-5-36(24)28(38)39/h7-13,24-25H,2-6,14-15H2,1H3,(H,31,32)(H,38,39)/t24-/m0/s1. The molecule has 39 heavy (non-hydrogen) atoms. The first kappa shape index (κ1) is 25.0. The second kappa shape index (κ2) is 9.79. The average molecular weight is 535 g/mol. The van der Waals surface area contributed by atoms with Crippen LogP contribution in [-0.2, 0) is 19.5 Å². The number of hydrogen-bond donors (Lipinski definition) is 2. The Labute approximate surface area is 223 Å². The van der Waals surface area contributed by atoms with Crippen molar-refractivity contribution in [2.45, 2.75) is 51.7 Å². The molecule has 0 spiro atoms. The number of alkyl halides is 2. The molecule has 0 bridgehead atoms. The second-order valence-electron chi connectivity index (χ2n) is 10.2. The quantitative estimate of drug-likeness (QED) is 0.374. The number of carbonyl (C=O) groups is 2. The van der Waals surface area contributed by atoms with E-state index in [1.165, 1.54) is 17.3 Å². The van der Waals surface area contributed by atoms with E-state index < -0.39 is 19.1 Å². The van der Waals surface area contributed by atoms with E-state index in [0.29, 0.717) is 32.5 Å². The van der Waals surface area contributed by atoms with Gasteiger partial charge in [-0.1, -0.05) is 6.07 Å². The van der Waals surface area contributed by atoms with Crippen molar-refractivity contribution < 1.29 is 23.5 Å². The maximum absolute atomic E-state index is 13.3. The minimum atomic E-state index is -2.56. The molecule has 1 atom stereocenters. The molecule has 5 heterocycles. The van der Waals surface area contributed by atoms with Crippen molar-refractivity contribution in [1.82, 2.24) is 29.5 Å². The molecule has 202 valence electrons. The maximum Gasteiger partial charge on any atom is 0.407 e. The number of hydrogen-bond acceptors (Lipinski definition) is 4. The fourth-order valence-electron chi connectivity index (χ4n) is 5.84. The predicted molar refractivity (Wildman–Crippen MR) is 140 cm³/mol.